The minimum absolute atomic E-state index is 0.236. The number of Topliss-reactive ketones (excluding diaryl/α,β-unsaturated/α-hetero) is 1. The summed E-state index contributed by atoms with van der Waals surface area (Å²) >= 11 is 0. The average molecular weight is 461 g/mol. The minimum atomic E-state index is 0.236. The summed E-state index contributed by atoms with van der Waals surface area (Å²) in [6, 6.07) is 7.84. The summed E-state index contributed by atoms with van der Waals surface area (Å²) in [4.78, 5) is 34.9. The van der Waals surface area contributed by atoms with Crippen molar-refractivity contribution < 1.29 is 4.79 Å². The first-order chi connectivity index (χ1) is 16.6. The standard InChI is InChI=1S/C25H32N8O/c1-3-21(34)14-17-4-8-20(9-5-17)27-23-29-24(28-22-15-19(16-26-22)18-6-7-18)31-25(30-23)33-12-10-32(2)11-13-33/h4-5,8-9,15,18H,3,6-7,10-14,16H2,1-2H3,(H2,26,27,28,29,30,31). The van der Waals surface area contributed by atoms with Crippen molar-refractivity contribution in [2.24, 2.45) is 10.9 Å². The molecule has 3 aliphatic rings. The number of aliphatic imine (C=N–C) groups is 1. The van der Waals surface area contributed by atoms with Crippen molar-refractivity contribution in [3.63, 3.8) is 0 Å². The molecule has 0 radical (unpaired) electrons. The Morgan fingerprint density at radius 1 is 1.00 bits per heavy atom. The molecule has 0 unspecified atom stereocenters. The van der Waals surface area contributed by atoms with Gasteiger partial charge in [-0.1, -0.05) is 19.1 Å². The molecule has 0 bridgehead atoms. The van der Waals surface area contributed by atoms with Crippen LogP contribution in [0.2, 0.25) is 0 Å². The van der Waals surface area contributed by atoms with E-state index in [9.17, 15) is 4.79 Å². The number of likely N-dealkylation sites (N-methyl/N-ethyl adjacent to an activating group) is 1. The normalized spacial score (nSPS) is 18.5. The molecule has 1 aromatic heterocycles. The second kappa shape index (κ2) is 9.89. The van der Waals surface area contributed by atoms with Crippen molar-refractivity contribution in [3.05, 3.63) is 41.5 Å². The van der Waals surface area contributed by atoms with Crippen molar-refractivity contribution in [1.29, 1.82) is 0 Å². The third-order valence-corrected chi connectivity index (χ3v) is 6.51. The van der Waals surface area contributed by atoms with Crippen LogP contribution in [0.3, 0.4) is 0 Å². The quantitative estimate of drug-likeness (QED) is 0.620. The highest BCUT2D eigenvalue weighted by Crippen LogP contribution is 2.37. The largest absolute Gasteiger partial charge is 0.338 e. The van der Waals surface area contributed by atoms with Gasteiger partial charge in [-0.15, -0.1) is 0 Å². The lowest BCUT2D eigenvalue weighted by Crippen LogP contribution is -2.45. The smallest absolute Gasteiger partial charge is 0.235 e. The molecule has 1 saturated heterocycles. The number of hydrogen-bond donors (Lipinski definition) is 2. The van der Waals surface area contributed by atoms with E-state index >= 15 is 0 Å². The van der Waals surface area contributed by atoms with Crippen molar-refractivity contribution in [3.8, 4) is 0 Å². The number of carbonyl (C=O) groups is 1. The summed E-state index contributed by atoms with van der Waals surface area (Å²) in [6.07, 6.45) is 5.70. The summed E-state index contributed by atoms with van der Waals surface area (Å²) in [7, 11) is 2.13. The van der Waals surface area contributed by atoms with Crippen LogP contribution in [-0.2, 0) is 11.2 Å². The molecule has 2 N–H and O–H groups in total. The fraction of sp³-hybridized carbons (Fsp3) is 0.480. The first kappa shape index (κ1) is 22.5. The Kier molecular flexibility index (Phi) is 6.53. The number of piperazine rings is 1. The highest BCUT2D eigenvalue weighted by molar-refractivity contribution is 6.05. The Hall–Kier alpha value is -3.33. The van der Waals surface area contributed by atoms with Crippen molar-refractivity contribution in [2.45, 2.75) is 32.6 Å². The van der Waals surface area contributed by atoms with E-state index in [4.69, 9.17) is 9.97 Å². The lowest BCUT2D eigenvalue weighted by molar-refractivity contribution is -0.118. The third kappa shape index (κ3) is 5.59. The Morgan fingerprint density at radius 2 is 1.71 bits per heavy atom. The van der Waals surface area contributed by atoms with Gasteiger partial charge in [0.2, 0.25) is 17.8 Å². The maximum Gasteiger partial charge on any atom is 0.235 e. The molecule has 9 heteroatoms. The Balaban J connectivity index is 1.35. The molecule has 1 saturated carbocycles. The molecule has 1 aliphatic carbocycles. The van der Waals surface area contributed by atoms with Crippen molar-refractivity contribution in [1.82, 2.24) is 19.9 Å². The molecule has 0 amide bonds. The van der Waals surface area contributed by atoms with Crippen LogP contribution in [0.1, 0.15) is 31.7 Å². The van der Waals surface area contributed by atoms with Gasteiger partial charge >= 0.3 is 0 Å². The van der Waals surface area contributed by atoms with Gasteiger partial charge in [0.15, 0.2) is 0 Å². The molecular formula is C25H32N8O. The number of nitrogens with zero attached hydrogens (tertiary/aromatic N) is 6. The Morgan fingerprint density at radius 3 is 2.38 bits per heavy atom. The molecule has 2 aliphatic heterocycles. The lowest BCUT2D eigenvalue weighted by atomic mass is 10.1. The van der Waals surface area contributed by atoms with Crippen molar-refractivity contribution >= 4 is 35.2 Å². The van der Waals surface area contributed by atoms with Gasteiger partial charge in [0, 0.05) is 44.7 Å². The number of benzene rings is 1. The van der Waals surface area contributed by atoms with E-state index < -0.39 is 0 Å². The van der Waals surface area contributed by atoms with Crippen LogP contribution in [0.25, 0.3) is 0 Å². The number of hydrogen-bond acceptors (Lipinski definition) is 9. The van der Waals surface area contributed by atoms with Gasteiger partial charge in [-0.25, -0.2) is 0 Å². The van der Waals surface area contributed by atoms with E-state index in [-0.39, 0.29) is 5.78 Å². The Bertz CT molecular complexity index is 1100. The van der Waals surface area contributed by atoms with Crippen LogP contribution >= 0.6 is 0 Å². The van der Waals surface area contributed by atoms with Gasteiger partial charge in [0.1, 0.15) is 11.6 Å². The zero-order valence-corrected chi connectivity index (χ0v) is 19.9. The minimum Gasteiger partial charge on any atom is -0.338 e. The topological polar surface area (TPSA) is 98.6 Å². The van der Waals surface area contributed by atoms with Gasteiger partial charge in [0.25, 0.3) is 0 Å². The van der Waals surface area contributed by atoms with Gasteiger partial charge in [-0.05, 0) is 55.2 Å². The molecule has 0 atom stereocenters. The first-order valence-electron chi connectivity index (χ1n) is 12.1. The van der Waals surface area contributed by atoms with Crippen LogP contribution < -0.4 is 15.5 Å². The lowest BCUT2D eigenvalue weighted by Gasteiger charge is -2.32. The van der Waals surface area contributed by atoms with E-state index in [2.05, 4.69) is 43.5 Å². The monoisotopic (exact) mass is 460 g/mol. The van der Waals surface area contributed by atoms with E-state index in [1.54, 1.807) is 0 Å². The number of ketones is 1. The maximum atomic E-state index is 11.7. The van der Waals surface area contributed by atoms with Crippen LogP contribution in [0, 0.1) is 5.92 Å². The van der Waals surface area contributed by atoms with E-state index in [0.29, 0.717) is 36.6 Å². The number of anilines is 4. The van der Waals surface area contributed by atoms with Crippen LogP contribution in [0.4, 0.5) is 23.5 Å². The third-order valence-electron chi connectivity index (χ3n) is 6.51. The summed E-state index contributed by atoms with van der Waals surface area (Å²) in [5, 5.41) is 6.61. The van der Waals surface area contributed by atoms with E-state index in [0.717, 1.165) is 49.8 Å². The molecule has 178 valence electrons. The molecule has 0 spiro atoms. The fourth-order valence-corrected chi connectivity index (χ4v) is 4.15. The zero-order chi connectivity index (χ0) is 23.5. The summed E-state index contributed by atoms with van der Waals surface area (Å²) in [5.74, 6) is 3.38. The number of aromatic nitrogens is 3. The van der Waals surface area contributed by atoms with Gasteiger partial charge < -0.3 is 20.4 Å². The summed E-state index contributed by atoms with van der Waals surface area (Å²) in [6.45, 7) is 6.33. The zero-order valence-electron chi connectivity index (χ0n) is 19.9. The molecule has 2 fully saturated rings. The molecule has 2 aromatic rings. The van der Waals surface area contributed by atoms with Crippen LogP contribution in [0.5, 0.6) is 0 Å². The highest BCUT2D eigenvalue weighted by atomic mass is 16.1. The summed E-state index contributed by atoms with van der Waals surface area (Å²) < 4.78 is 0. The number of nitrogens with one attached hydrogen (secondary N) is 2. The fourth-order valence-electron chi connectivity index (χ4n) is 4.15. The second-order valence-electron chi connectivity index (χ2n) is 9.28. The maximum absolute atomic E-state index is 11.7. The van der Waals surface area contributed by atoms with Gasteiger partial charge in [-0.2, -0.15) is 15.0 Å². The average Bonchev–Trinajstić information content (AvgIpc) is 3.59. The SMILES string of the molecule is CCC(=O)Cc1ccc(Nc2nc(NC3=NCC(C4CC4)=C3)nc(N3CCN(C)CC3)n2)cc1. The number of amidine groups is 1. The number of carbonyl (C=O) groups excluding carboxylic acids is 1. The first-order valence-corrected chi connectivity index (χ1v) is 12.1. The number of rotatable bonds is 8. The molecule has 3 heterocycles. The van der Waals surface area contributed by atoms with Gasteiger partial charge in [-0.3, -0.25) is 9.79 Å². The predicted molar refractivity (Wildman–Crippen MR) is 135 cm³/mol. The predicted octanol–water partition coefficient (Wildman–Crippen LogP) is 3.05. The summed E-state index contributed by atoms with van der Waals surface area (Å²) in [5.41, 5.74) is 3.27. The van der Waals surface area contributed by atoms with E-state index in [1.807, 2.05) is 31.2 Å². The highest BCUT2D eigenvalue weighted by Gasteiger charge is 2.28. The molecular weight excluding hydrogens is 428 g/mol. The molecule has 5 rings (SSSR count). The Labute approximate surface area is 200 Å². The molecule has 9 nitrogen and oxygen atoms in total. The van der Waals surface area contributed by atoms with Crippen LogP contribution in [0.15, 0.2) is 40.9 Å². The molecule has 34 heavy (non-hydrogen) atoms. The van der Waals surface area contributed by atoms with E-state index in [1.165, 1.54) is 18.4 Å². The van der Waals surface area contributed by atoms with Gasteiger partial charge in [0.05, 0.1) is 6.54 Å². The van der Waals surface area contributed by atoms with Crippen molar-refractivity contribution in [2.75, 3.05) is 55.3 Å². The molecule has 1 aromatic carbocycles. The van der Waals surface area contributed by atoms with Crippen LogP contribution in [-0.4, -0.2) is 71.2 Å². The second-order valence-corrected chi connectivity index (χ2v) is 9.28.